The maximum absolute atomic E-state index is 13.8. The van der Waals surface area contributed by atoms with Gasteiger partial charge in [-0.3, -0.25) is 14.4 Å². The summed E-state index contributed by atoms with van der Waals surface area (Å²) in [5.74, 6) is 0.966. The first kappa shape index (κ1) is 30.2. The van der Waals surface area contributed by atoms with Crippen LogP contribution in [0.1, 0.15) is 49.7 Å². The third-order valence-corrected chi connectivity index (χ3v) is 9.68. The van der Waals surface area contributed by atoms with E-state index in [-0.39, 0.29) is 35.5 Å². The van der Waals surface area contributed by atoms with Crippen molar-refractivity contribution in [3.63, 3.8) is 0 Å². The van der Waals surface area contributed by atoms with Gasteiger partial charge in [0.15, 0.2) is 0 Å². The number of urea groups is 1. The van der Waals surface area contributed by atoms with Crippen LogP contribution in [0.25, 0.3) is 11.1 Å². The molecule has 240 valence electrons. The summed E-state index contributed by atoms with van der Waals surface area (Å²) in [6.45, 7) is 0.960. The minimum atomic E-state index is -0.387. The highest BCUT2D eigenvalue weighted by Crippen LogP contribution is 2.52. The van der Waals surface area contributed by atoms with Crippen molar-refractivity contribution in [3.8, 4) is 17.2 Å². The quantitative estimate of drug-likeness (QED) is 0.210. The van der Waals surface area contributed by atoms with E-state index in [4.69, 9.17) is 0 Å². The molecule has 0 bridgehead atoms. The molecule has 1 spiro atoms. The van der Waals surface area contributed by atoms with Crippen LogP contribution in [0.15, 0.2) is 73.2 Å². The highest BCUT2D eigenvalue weighted by molar-refractivity contribution is 5.93. The van der Waals surface area contributed by atoms with Crippen molar-refractivity contribution in [3.05, 3.63) is 84.3 Å². The Morgan fingerprint density at radius 1 is 1.04 bits per heavy atom. The molecule has 7 rings (SSSR count). The predicted octanol–water partition coefficient (Wildman–Crippen LogP) is 4.58. The molecule has 12 heteroatoms. The van der Waals surface area contributed by atoms with Crippen LogP contribution < -0.4 is 26.2 Å². The van der Waals surface area contributed by atoms with E-state index >= 15 is 0 Å². The number of aromatic nitrogens is 4. The second-order valence-electron chi connectivity index (χ2n) is 12.7. The van der Waals surface area contributed by atoms with Gasteiger partial charge in [-0.05, 0) is 61.8 Å². The summed E-state index contributed by atoms with van der Waals surface area (Å²) >= 11 is 0. The molecule has 2 aliphatic carbocycles. The summed E-state index contributed by atoms with van der Waals surface area (Å²) in [7, 11) is 1.89. The van der Waals surface area contributed by atoms with Crippen LogP contribution in [0.5, 0.6) is 0 Å². The summed E-state index contributed by atoms with van der Waals surface area (Å²) in [5.41, 5.74) is 3.91. The second-order valence-corrected chi connectivity index (χ2v) is 12.7. The van der Waals surface area contributed by atoms with Crippen molar-refractivity contribution in [2.45, 2.75) is 63.2 Å². The number of amides is 3. The predicted molar refractivity (Wildman–Crippen MR) is 178 cm³/mol. The van der Waals surface area contributed by atoms with Crippen LogP contribution >= 0.6 is 0 Å². The van der Waals surface area contributed by atoms with Crippen molar-refractivity contribution in [2.75, 3.05) is 22.1 Å². The average molecular weight is 631 g/mol. The molecule has 1 atom stereocenters. The van der Waals surface area contributed by atoms with E-state index < -0.39 is 0 Å². The maximum atomic E-state index is 13.8. The Kier molecular flexibility index (Phi) is 8.20. The van der Waals surface area contributed by atoms with Gasteiger partial charge in [-0.2, -0.15) is 15.3 Å². The number of aryl methyl sites for hydroxylation is 1. The Bertz CT molecular complexity index is 1790. The summed E-state index contributed by atoms with van der Waals surface area (Å²) in [6, 6.07) is 20.1. The fraction of sp³-hybridized carbons (Fsp3) is 0.371. The van der Waals surface area contributed by atoms with Gasteiger partial charge in [0, 0.05) is 49.7 Å². The lowest BCUT2D eigenvalue weighted by molar-refractivity contribution is -0.123. The molecule has 3 aliphatic rings. The monoisotopic (exact) mass is 630 g/mol. The van der Waals surface area contributed by atoms with Crippen molar-refractivity contribution in [2.24, 2.45) is 12.5 Å². The second kappa shape index (κ2) is 12.7. The number of hydrogen-bond donors (Lipinski definition) is 4. The smallest absolute Gasteiger partial charge is 0.322 e. The van der Waals surface area contributed by atoms with Crippen LogP contribution in [0.2, 0.25) is 0 Å². The minimum absolute atomic E-state index is 0.00862. The lowest BCUT2D eigenvalue weighted by Gasteiger charge is -2.37. The third-order valence-electron chi connectivity index (χ3n) is 9.68. The van der Waals surface area contributed by atoms with Crippen molar-refractivity contribution in [1.82, 2.24) is 30.4 Å². The van der Waals surface area contributed by atoms with Crippen LogP contribution in [0.3, 0.4) is 0 Å². The molecule has 2 aromatic heterocycles. The van der Waals surface area contributed by atoms with Crippen molar-refractivity contribution in [1.29, 1.82) is 5.26 Å². The van der Waals surface area contributed by atoms with Gasteiger partial charge in [-0.1, -0.05) is 42.5 Å². The van der Waals surface area contributed by atoms with Gasteiger partial charge < -0.3 is 21.3 Å². The van der Waals surface area contributed by atoms with Crippen LogP contribution in [0.4, 0.5) is 22.2 Å². The SMILES string of the molecule is Cn1cc(-c2ccc(N(C(=O)NCc3ccccc3)C3CCC(Nc4ncc(C#N)c(NC5CNC(=O)C56CC6)n4)CC3)cc2)cn1. The lowest BCUT2D eigenvalue weighted by atomic mass is 9.90. The minimum Gasteiger partial charge on any atom is -0.363 e. The Labute approximate surface area is 273 Å². The first-order valence-electron chi connectivity index (χ1n) is 16.2. The first-order valence-corrected chi connectivity index (χ1v) is 16.2. The molecular weight excluding hydrogens is 592 g/mol. The number of benzene rings is 2. The molecule has 2 saturated carbocycles. The van der Waals surface area contributed by atoms with Gasteiger partial charge in [0.2, 0.25) is 11.9 Å². The molecule has 3 fully saturated rings. The molecule has 4 N–H and O–H groups in total. The number of nitrogens with zero attached hydrogens (tertiary/aromatic N) is 6. The largest absolute Gasteiger partial charge is 0.363 e. The van der Waals surface area contributed by atoms with Crippen LogP contribution in [-0.2, 0) is 18.4 Å². The van der Waals surface area contributed by atoms with E-state index in [0.29, 0.717) is 30.4 Å². The van der Waals surface area contributed by atoms with Crippen molar-refractivity contribution >= 4 is 29.4 Å². The van der Waals surface area contributed by atoms with Gasteiger partial charge in [0.05, 0.1) is 23.9 Å². The number of carbonyl (C=O) groups is 2. The van der Waals surface area contributed by atoms with Gasteiger partial charge in [0.1, 0.15) is 17.5 Å². The van der Waals surface area contributed by atoms with Crippen molar-refractivity contribution < 1.29 is 9.59 Å². The molecule has 1 unspecified atom stereocenters. The summed E-state index contributed by atoms with van der Waals surface area (Å²) in [6.07, 6.45) is 10.2. The number of nitrogens with one attached hydrogen (secondary N) is 4. The van der Waals surface area contributed by atoms with Gasteiger partial charge in [-0.15, -0.1) is 0 Å². The molecule has 12 nitrogen and oxygen atoms in total. The fourth-order valence-corrected chi connectivity index (χ4v) is 6.83. The zero-order chi connectivity index (χ0) is 32.4. The molecule has 1 saturated heterocycles. The molecule has 47 heavy (non-hydrogen) atoms. The summed E-state index contributed by atoms with van der Waals surface area (Å²) < 4.78 is 1.78. The molecule has 2 aromatic carbocycles. The Balaban J connectivity index is 1.03. The summed E-state index contributed by atoms with van der Waals surface area (Å²) in [5, 5.41) is 26.9. The number of nitriles is 1. The fourth-order valence-electron chi connectivity index (χ4n) is 6.83. The van der Waals surface area contributed by atoms with Crippen LogP contribution in [-0.4, -0.2) is 56.4 Å². The average Bonchev–Trinajstić information content (AvgIpc) is 3.71. The molecule has 3 amide bonds. The normalized spacial score (nSPS) is 21.0. The number of carbonyl (C=O) groups excluding carboxylic acids is 2. The number of anilines is 3. The number of rotatable bonds is 9. The standard InChI is InChI=1S/C35H38N10O2/c1-44-22-26(20-40-44)24-7-11-28(12-8-24)45(34(47)39-18-23-5-3-2-4-6-23)29-13-9-27(10-14-29)41-33-38-19-25(17-36)31(43-33)42-30-21-37-32(46)35(30)15-16-35/h2-8,11-12,19-20,22,27,29-30H,9-10,13-16,18,21H2,1H3,(H,37,46)(H,39,47)(H2,38,41,42,43). The molecule has 1 aliphatic heterocycles. The summed E-state index contributed by atoms with van der Waals surface area (Å²) in [4.78, 5) is 37.1. The van der Waals surface area contributed by atoms with E-state index in [1.54, 1.807) is 4.68 Å². The van der Waals surface area contributed by atoms with Gasteiger partial charge >= 0.3 is 6.03 Å². The van der Waals surface area contributed by atoms with Gasteiger partial charge in [-0.25, -0.2) is 9.78 Å². The highest BCUT2D eigenvalue weighted by Gasteiger charge is 2.59. The van der Waals surface area contributed by atoms with E-state index in [2.05, 4.69) is 42.4 Å². The Morgan fingerprint density at radius 2 is 1.81 bits per heavy atom. The zero-order valence-corrected chi connectivity index (χ0v) is 26.3. The zero-order valence-electron chi connectivity index (χ0n) is 26.3. The van der Waals surface area contributed by atoms with Gasteiger partial charge in [0.25, 0.3) is 0 Å². The molecular formula is C35H38N10O2. The Hall–Kier alpha value is -5.44. The lowest BCUT2D eigenvalue weighted by Crippen LogP contribution is -2.48. The number of hydrogen-bond acceptors (Lipinski definition) is 8. The van der Waals surface area contributed by atoms with E-state index in [1.807, 2.05) is 78.9 Å². The first-order chi connectivity index (χ1) is 22.9. The topological polar surface area (TPSA) is 153 Å². The van der Waals surface area contributed by atoms with E-state index in [9.17, 15) is 14.9 Å². The molecule has 4 aromatic rings. The van der Waals surface area contributed by atoms with E-state index in [1.165, 1.54) is 6.20 Å². The van der Waals surface area contributed by atoms with Crippen LogP contribution in [0, 0.1) is 16.7 Å². The highest BCUT2D eigenvalue weighted by atomic mass is 16.2. The Morgan fingerprint density at radius 3 is 2.49 bits per heavy atom. The third kappa shape index (κ3) is 6.34. The van der Waals surface area contributed by atoms with E-state index in [0.717, 1.165) is 60.9 Å². The maximum Gasteiger partial charge on any atom is 0.322 e. The molecule has 3 heterocycles. The molecule has 0 radical (unpaired) electrons.